The quantitative estimate of drug-likeness (QED) is 0.467. The number of hydrogen-bond donors (Lipinski definition) is 0. The van der Waals surface area contributed by atoms with Gasteiger partial charge in [0.1, 0.15) is 0 Å². The Morgan fingerprint density at radius 2 is 1.80 bits per heavy atom. The zero-order chi connectivity index (χ0) is 13.9. The van der Waals surface area contributed by atoms with Crippen molar-refractivity contribution in [3.05, 3.63) is 53.1 Å². The summed E-state index contributed by atoms with van der Waals surface area (Å²) in [6.45, 7) is 2.32. The first-order valence-corrected chi connectivity index (χ1v) is 11.9. The van der Waals surface area contributed by atoms with E-state index in [9.17, 15) is 0 Å². The molecule has 0 amide bonds. The topological polar surface area (TPSA) is 0 Å². The van der Waals surface area contributed by atoms with Crippen LogP contribution >= 0.6 is 11.3 Å². The molecule has 0 nitrogen and oxygen atoms in total. The van der Waals surface area contributed by atoms with E-state index in [0.29, 0.717) is 0 Å². The van der Waals surface area contributed by atoms with Crippen molar-refractivity contribution < 1.29 is 17.9 Å². The third kappa shape index (κ3) is 1.70. The van der Waals surface area contributed by atoms with Gasteiger partial charge in [-0.2, -0.15) is 0 Å². The number of rotatable bonds is 1. The number of hydrogen-bond acceptors (Lipinski definition) is 1. The fourth-order valence-corrected chi connectivity index (χ4v) is 7.66. The van der Waals surface area contributed by atoms with E-state index in [1.807, 2.05) is 11.3 Å². The maximum absolute atomic E-state index is 2.50. The molecule has 0 radical (unpaired) electrons. The van der Waals surface area contributed by atoms with E-state index in [4.69, 9.17) is 0 Å². The summed E-state index contributed by atoms with van der Waals surface area (Å²) < 4.78 is 3.62. The second kappa shape index (κ2) is 4.56. The number of thiophene rings is 1. The van der Waals surface area contributed by atoms with Gasteiger partial charge in [-0.05, 0) is 0 Å². The molecule has 0 N–H and O–H groups in total. The summed E-state index contributed by atoms with van der Waals surface area (Å²) in [5.41, 5.74) is 4.69. The molecule has 20 heavy (non-hydrogen) atoms. The monoisotopic (exact) mass is 313 g/mol. The minimum absolute atomic E-state index is 0.742. The van der Waals surface area contributed by atoms with Gasteiger partial charge >= 0.3 is 130 Å². The summed E-state index contributed by atoms with van der Waals surface area (Å²) in [4.78, 5) is 0. The van der Waals surface area contributed by atoms with Crippen LogP contribution < -0.4 is 0 Å². The molecule has 1 atom stereocenters. The molecule has 0 fully saturated rings. The summed E-state index contributed by atoms with van der Waals surface area (Å²) >= 11 is 0.915. The molecule has 2 aromatic carbocycles. The molecule has 1 unspecified atom stereocenters. The Balaban J connectivity index is 2.15. The summed E-state index contributed by atoms with van der Waals surface area (Å²) in [7, 11) is 0. The van der Waals surface area contributed by atoms with Crippen molar-refractivity contribution in [2.45, 2.75) is 21.6 Å². The van der Waals surface area contributed by atoms with Gasteiger partial charge in [0.2, 0.25) is 0 Å². The van der Waals surface area contributed by atoms with Gasteiger partial charge in [0, 0.05) is 0 Å². The van der Waals surface area contributed by atoms with E-state index in [2.05, 4.69) is 59.9 Å². The van der Waals surface area contributed by atoms with Crippen LogP contribution in [0.4, 0.5) is 0 Å². The minimum atomic E-state index is -1.02. The average Bonchev–Trinajstić information content (AvgIpc) is 2.94. The summed E-state index contributed by atoms with van der Waals surface area (Å²) in [5.74, 6) is 0. The summed E-state index contributed by atoms with van der Waals surface area (Å²) in [6.07, 6.45) is 2.42. The molecule has 3 aromatic rings. The van der Waals surface area contributed by atoms with Crippen molar-refractivity contribution in [1.82, 2.24) is 0 Å². The zero-order valence-electron chi connectivity index (χ0n) is 12.0. The van der Waals surface area contributed by atoms with Crippen LogP contribution in [0.5, 0.6) is 0 Å². The van der Waals surface area contributed by atoms with Crippen LogP contribution in [0.15, 0.2) is 42.0 Å². The van der Waals surface area contributed by atoms with Crippen LogP contribution in [0, 0.1) is 0 Å². The second-order valence-corrected chi connectivity index (χ2v) is 11.3. The van der Waals surface area contributed by atoms with E-state index in [0.717, 1.165) is 4.22 Å². The van der Waals surface area contributed by atoms with E-state index < -0.39 is 17.9 Å². The van der Waals surface area contributed by atoms with Crippen LogP contribution in [-0.4, -0.2) is 0 Å². The van der Waals surface area contributed by atoms with Crippen molar-refractivity contribution >= 4 is 37.6 Å². The Morgan fingerprint density at radius 3 is 2.60 bits per heavy atom. The Hall–Kier alpha value is -0.886. The van der Waals surface area contributed by atoms with Crippen LogP contribution in [0.2, 0.25) is 10.5 Å². The van der Waals surface area contributed by atoms with Crippen molar-refractivity contribution in [1.29, 1.82) is 0 Å². The predicted molar refractivity (Wildman–Crippen MR) is 87.5 cm³/mol. The van der Waals surface area contributed by atoms with Crippen LogP contribution in [0.1, 0.15) is 22.3 Å². The molecule has 1 aliphatic rings. The van der Waals surface area contributed by atoms with E-state index in [1.165, 1.54) is 25.7 Å². The Kier molecular flexibility index (Phi) is 2.92. The van der Waals surface area contributed by atoms with Gasteiger partial charge < -0.3 is 0 Å². The Labute approximate surface area is 130 Å². The molecule has 4 rings (SSSR count). The third-order valence-corrected chi connectivity index (χ3v) is 8.42. The van der Waals surface area contributed by atoms with Gasteiger partial charge in [0.25, 0.3) is 0 Å². The number of fused-ring (bicyclic) bond motifs is 5. The standard InChI is InChI=1S/C16H11S.2CH3.Ti/c1-10-8-11-6-7-15-16(13(11)9-10)12-4-2-3-5-14(12)17-15;;;/h2-9H,1H3;2*1H3;. The van der Waals surface area contributed by atoms with Crippen LogP contribution in [0.3, 0.4) is 0 Å². The number of benzene rings is 2. The fourth-order valence-electron chi connectivity index (χ4n) is 3.60. The second-order valence-electron chi connectivity index (χ2n) is 5.94. The van der Waals surface area contributed by atoms with Gasteiger partial charge in [0.15, 0.2) is 0 Å². The maximum atomic E-state index is 2.50. The Bertz CT molecular complexity index is 854. The van der Waals surface area contributed by atoms with Gasteiger partial charge in [-0.15, -0.1) is 0 Å². The average molecular weight is 313 g/mol. The van der Waals surface area contributed by atoms with Crippen molar-refractivity contribution in [3.63, 3.8) is 0 Å². The van der Waals surface area contributed by atoms with Crippen LogP contribution in [0.25, 0.3) is 26.2 Å². The van der Waals surface area contributed by atoms with Crippen LogP contribution in [-0.2, 0) is 17.9 Å². The third-order valence-electron chi connectivity index (χ3n) is 4.32. The molecule has 2 heteroatoms. The molecule has 0 spiro atoms. The first kappa shape index (κ1) is 12.8. The van der Waals surface area contributed by atoms with Gasteiger partial charge in [0.05, 0.1) is 0 Å². The first-order valence-electron chi connectivity index (χ1n) is 7.09. The Morgan fingerprint density at radius 1 is 1.00 bits per heavy atom. The van der Waals surface area contributed by atoms with Crippen molar-refractivity contribution in [2.24, 2.45) is 0 Å². The molecule has 1 aliphatic carbocycles. The zero-order valence-corrected chi connectivity index (χ0v) is 14.4. The molecule has 99 valence electrons. The molecule has 0 saturated heterocycles. The first-order chi connectivity index (χ1) is 9.66. The van der Waals surface area contributed by atoms with E-state index in [1.54, 1.807) is 11.1 Å². The van der Waals surface area contributed by atoms with Crippen molar-refractivity contribution in [2.75, 3.05) is 0 Å². The predicted octanol–water partition coefficient (Wildman–Crippen LogP) is 6.23. The molecular weight excluding hydrogens is 296 g/mol. The van der Waals surface area contributed by atoms with E-state index in [-0.39, 0.29) is 0 Å². The molecular formula is C18H17STi. The van der Waals surface area contributed by atoms with Gasteiger partial charge in [-0.25, -0.2) is 0 Å². The fraction of sp³-hybridized carbons (Fsp3) is 0.222. The summed E-state index contributed by atoms with van der Waals surface area (Å²) in [5, 5.41) is 8.00. The van der Waals surface area contributed by atoms with Gasteiger partial charge in [-0.3, -0.25) is 0 Å². The van der Waals surface area contributed by atoms with E-state index >= 15 is 0 Å². The molecule has 0 bridgehead atoms. The summed E-state index contributed by atoms with van der Waals surface area (Å²) in [6, 6.07) is 13.5. The molecule has 1 aromatic heterocycles. The molecule has 0 aliphatic heterocycles. The normalized spacial score (nSPS) is 17.6. The molecule has 1 heterocycles. The van der Waals surface area contributed by atoms with Crippen molar-refractivity contribution in [3.8, 4) is 0 Å². The number of allylic oxidation sites excluding steroid dienone is 1. The SMILES string of the molecule is CC1=Cc2ccc3sc4ccccc4c3c2[CH]1[Ti]([CH3])[CH3]. The molecule has 0 saturated carbocycles. The van der Waals surface area contributed by atoms with Gasteiger partial charge in [-0.1, -0.05) is 0 Å².